The molecule has 2 fully saturated rings. The molecule has 2 aliphatic rings. The van der Waals surface area contributed by atoms with Gasteiger partial charge in [0.05, 0.1) is 5.75 Å². The fourth-order valence-electron chi connectivity index (χ4n) is 3.00. The Hall–Kier alpha value is -0.170. The molecule has 0 aromatic rings. The van der Waals surface area contributed by atoms with Crippen LogP contribution in [0, 0.1) is 11.3 Å². The normalized spacial score (nSPS) is 27.1. The van der Waals surface area contributed by atoms with Crippen LogP contribution in [-0.4, -0.2) is 69.2 Å². The average Bonchev–Trinajstić information content (AvgIpc) is 2.88. The standard InChI is InChI=1S/C14H29N3O2S/c1-14(2,3)13-4-7-17(12-13)20(18,19)11-10-16-8-5-15-6-9-16/h13,15H,4-12H2,1-3H3. The van der Waals surface area contributed by atoms with Gasteiger partial charge in [0.1, 0.15) is 0 Å². The van der Waals surface area contributed by atoms with E-state index in [0.29, 0.717) is 25.6 Å². The van der Waals surface area contributed by atoms with Gasteiger partial charge in [-0.05, 0) is 17.8 Å². The second kappa shape index (κ2) is 6.30. The number of hydrogen-bond acceptors (Lipinski definition) is 4. The van der Waals surface area contributed by atoms with Crippen molar-refractivity contribution in [2.75, 3.05) is 51.6 Å². The number of sulfonamides is 1. The average molecular weight is 303 g/mol. The van der Waals surface area contributed by atoms with E-state index >= 15 is 0 Å². The van der Waals surface area contributed by atoms with Crippen LogP contribution in [0.1, 0.15) is 27.2 Å². The second-order valence-electron chi connectivity index (χ2n) is 7.12. The molecule has 0 aliphatic carbocycles. The van der Waals surface area contributed by atoms with Crippen LogP contribution in [0.4, 0.5) is 0 Å². The van der Waals surface area contributed by atoms with Gasteiger partial charge in [-0.3, -0.25) is 4.90 Å². The maximum absolute atomic E-state index is 12.4. The summed E-state index contributed by atoms with van der Waals surface area (Å²) in [6.07, 6.45) is 0.996. The molecule has 2 aliphatic heterocycles. The molecule has 0 amide bonds. The van der Waals surface area contributed by atoms with Crippen LogP contribution >= 0.6 is 0 Å². The van der Waals surface area contributed by atoms with Gasteiger partial charge in [0, 0.05) is 45.8 Å². The quantitative estimate of drug-likeness (QED) is 0.826. The van der Waals surface area contributed by atoms with Gasteiger partial charge < -0.3 is 5.32 Å². The Morgan fingerprint density at radius 1 is 1.15 bits per heavy atom. The van der Waals surface area contributed by atoms with Gasteiger partial charge >= 0.3 is 0 Å². The van der Waals surface area contributed by atoms with Crippen molar-refractivity contribution >= 4 is 10.0 Å². The summed E-state index contributed by atoms with van der Waals surface area (Å²) >= 11 is 0. The predicted octanol–water partition coefficient (Wildman–Crippen LogP) is 0.589. The van der Waals surface area contributed by atoms with E-state index in [1.807, 2.05) is 0 Å². The summed E-state index contributed by atoms with van der Waals surface area (Å²) in [7, 11) is -3.08. The highest BCUT2D eigenvalue weighted by Gasteiger charge is 2.36. The van der Waals surface area contributed by atoms with Crippen molar-refractivity contribution in [3.63, 3.8) is 0 Å². The zero-order valence-corrected chi connectivity index (χ0v) is 13.9. The van der Waals surface area contributed by atoms with Gasteiger partial charge in [0.15, 0.2) is 0 Å². The van der Waals surface area contributed by atoms with Gasteiger partial charge in [0.25, 0.3) is 0 Å². The largest absolute Gasteiger partial charge is 0.314 e. The van der Waals surface area contributed by atoms with E-state index < -0.39 is 10.0 Å². The lowest BCUT2D eigenvalue weighted by molar-refractivity contribution is 0.247. The Kier molecular flexibility index (Phi) is 5.10. The van der Waals surface area contributed by atoms with Crippen molar-refractivity contribution in [3.05, 3.63) is 0 Å². The Balaban J connectivity index is 1.84. The van der Waals surface area contributed by atoms with Crippen LogP contribution in [0.2, 0.25) is 0 Å². The fraction of sp³-hybridized carbons (Fsp3) is 1.00. The number of piperazine rings is 1. The molecule has 2 saturated heterocycles. The Morgan fingerprint density at radius 3 is 2.35 bits per heavy atom. The molecule has 0 radical (unpaired) electrons. The molecule has 118 valence electrons. The summed E-state index contributed by atoms with van der Waals surface area (Å²) in [4.78, 5) is 2.24. The highest BCUT2D eigenvalue weighted by molar-refractivity contribution is 7.89. The minimum absolute atomic E-state index is 0.197. The minimum atomic E-state index is -3.08. The summed E-state index contributed by atoms with van der Waals surface area (Å²) in [6, 6.07) is 0. The minimum Gasteiger partial charge on any atom is -0.314 e. The SMILES string of the molecule is CC(C)(C)C1CCN(S(=O)(=O)CCN2CCNCC2)C1. The first-order chi connectivity index (χ1) is 9.29. The molecular formula is C14H29N3O2S. The maximum Gasteiger partial charge on any atom is 0.215 e. The zero-order chi connectivity index (χ0) is 14.8. The highest BCUT2D eigenvalue weighted by atomic mass is 32.2. The third-order valence-electron chi connectivity index (χ3n) is 4.64. The first-order valence-corrected chi connectivity index (χ1v) is 9.31. The molecule has 0 spiro atoms. The van der Waals surface area contributed by atoms with Crippen LogP contribution in [0.25, 0.3) is 0 Å². The van der Waals surface area contributed by atoms with Crippen molar-refractivity contribution in [2.45, 2.75) is 27.2 Å². The number of rotatable bonds is 4. The van der Waals surface area contributed by atoms with Gasteiger partial charge in [0.2, 0.25) is 10.0 Å². The fourth-order valence-corrected chi connectivity index (χ4v) is 4.53. The summed E-state index contributed by atoms with van der Waals surface area (Å²) in [5.74, 6) is 0.751. The Bertz CT molecular complexity index is 411. The Morgan fingerprint density at radius 2 is 1.80 bits per heavy atom. The third-order valence-corrected chi connectivity index (χ3v) is 6.46. The lowest BCUT2D eigenvalue weighted by Crippen LogP contribution is -2.46. The predicted molar refractivity (Wildman–Crippen MR) is 82.2 cm³/mol. The van der Waals surface area contributed by atoms with Gasteiger partial charge in [-0.1, -0.05) is 20.8 Å². The molecule has 0 aromatic carbocycles. The molecule has 2 rings (SSSR count). The van der Waals surface area contributed by atoms with E-state index in [1.54, 1.807) is 4.31 Å². The van der Waals surface area contributed by atoms with Crippen LogP contribution in [0.5, 0.6) is 0 Å². The first-order valence-electron chi connectivity index (χ1n) is 7.70. The molecular weight excluding hydrogens is 274 g/mol. The highest BCUT2D eigenvalue weighted by Crippen LogP contribution is 2.34. The summed E-state index contributed by atoms with van der Waals surface area (Å²) in [5.41, 5.74) is 0.197. The van der Waals surface area contributed by atoms with Crippen molar-refractivity contribution in [1.82, 2.24) is 14.5 Å². The van der Waals surface area contributed by atoms with Crippen LogP contribution in [0.3, 0.4) is 0 Å². The van der Waals surface area contributed by atoms with E-state index in [9.17, 15) is 8.42 Å². The zero-order valence-electron chi connectivity index (χ0n) is 13.1. The topological polar surface area (TPSA) is 52.7 Å². The van der Waals surface area contributed by atoms with E-state index in [-0.39, 0.29) is 11.2 Å². The van der Waals surface area contributed by atoms with E-state index in [4.69, 9.17) is 0 Å². The first kappa shape index (κ1) is 16.2. The second-order valence-corrected chi connectivity index (χ2v) is 9.21. The van der Waals surface area contributed by atoms with Crippen molar-refractivity contribution < 1.29 is 8.42 Å². The summed E-state index contributed by atoms with van der Waals surface area (Å²) in [6.45, 7) is 12.5. The molecule has 1 N–H and O–H groups in total. The van der Waals surface area contributed by atoms with Crippen LogP contribution < -0.4 is 5.32 Å². The molecule has 0 aromatic heterocycles. The molecule has 0 saturated carbocycles. The molecule has 5 nitrogen and oxygen atoms in total. The third kappa shape index (κ3) is 4.16. The van der Waals surface area contributed by atoms with E-state index in [0.717, 1.165) is 32.6 Å². The smallest absolute Gasteiger partial charge is 0.215 e. The maximum atomic E-state index is 12.4. The van der Waals surface area contributed by atoms with E-state index in [2.05, 4.69) is 31.0 Å². The molecule has 0 bridgehead atoms. The monoisotopic (exact) mass is 303 g/mol. The molecule has 1 atom stereocenters. The lowest BCUT2D eigenvalue weighted by atomic mass is 9.80. The molecule has 20 heavy (non-hydrogen) atoms. The van der Waals surface area contributed by atoms with Gasteiger partial charge in [-0.15, -0.1) is 0 Å². The Labute approximate surface area is 123 Å². The number of hydrogen-bond donors (Lipinski definition) is 1. The van der Waals surface area contributed by atoms with Crippen molar-refractivity contribution in [2.24, 2.45) is 11.3 Å². The number of nitrogens with one attached hydrogen (secondary N) is 1. The summed E-state index contributed by atoms with van der Waals surface area (Å²) in [5, 5.41) is 3.29. The molecule has 6 heteroatoms. The van der Waals surface area contributed by atoms with Crippen molar-refractivity contribution in [3.8, 4) is 0 Å². The molecule has 1 unspecified atom stereocenters. The molecule has 2 heterocycles. The van der Waals surface area contributed by atoms with E-state index in [1.165, 1.54) is 0 Å². The number of nitrogens with zero attached hydrogens (tertiary/aromatic N) is 2. The van der Waals surface area contributed by atoms with Gasteiger partial charge in [-0.25, -0.2) is 12.7 Å². The summed E-state index contributed by atoms with van der Waals surface area (Å²) < 4.78 is 26.6. The lowest BCUT2D eigenvalue weighted by Gasteiger charge is -2.28. The van der Waals surface area contributed by atoms with Crippen LogP contribution in [-0.2, 0) is 10.0 Å². The van der Waals surface area contributed by atoms with Crippen molar-refractivity contribution in [1.29, 1.82) is 0 Å². The van der Waals surface area contributed by atoms with Gasteiger partial charge in [-0.2, -0.15) is 0 Å². The van der Waals surface area contributed by atoms with Crippen LogP contribution in [0.15, 0.2) is 0 Å².